The smallest absolute Gasteiger partial charge is 0.412 e. The monoisotopic (exact) mass is 285 g/mol. The fourth-order valence-electron chi connectivity index (χ4n) is 1.50. The highest BCUT2D eigenvalue weighted by molar-refractivity contribution is 7.90. The summed E-state index contributed by atoms with van der Waals surface area (Å²) in [6, 6.07) is 4.70. The van der Waals surface area contributed by atoms with E-state index >= 15 is 0 Å². The number of aryl methyl sites for hydroxylation is 1. The maximum Gasteiger partial charge on any atom is 0.412 e. The first kappa shape index (κ1) is 15.5. The Hall–Kier alpha value is -1.56. The number of amides is 1. The Morgan fingerprint density at radius 2 is 1.84 bits per heavy atom. The van der Waals surface area contributed by atoms with Gasteiger partial charge in [0.05, 0.1) is 4.90 Å². The lowest BCUT2D eigenvalue weighted by atomic mass is 10.2. The van der Waals surface area contributed by atoms with Gasteiger partial charge in [-0.1, -0.05) is 6.07 Å². The van der Waals surface area contributed by atoms with E-state index in [-0.39, 0.29) is 4.90 Å². The second-order valence-electron chi connectivity index (χ2n) is 5.38. The first-order chi connectivity index (χ1) is 8.49. The highest BCUT2D eigenvalue weighted by Crippen LogP contribution is 2.20. The number of carbonyl (C=O) groups excluding carboxylic acids is 1. The summed E-state index contributed by atoms with van der Waals surface area (Å²) >= 11 is 0. The van der Waals surface area contributed by atoms with E-state index in [9.17, 15) is 13.2 Å². The number of nitrogens with one attached hydrogen (secondary N) is 1. The van der Waals surface area contributed by atoms with E-state index in [2.05, 4.69) is 5.32 Å². The van der Waals surface area contributed by atoms with Crippen molar-refractivity contribution < 1.29 is 17.9 Å². The number of sulfone groups is 1. The molecule has 0 radical (unpaired) electrons. The Kier molecular flexibility index (Phi) is 4.25. The molecule has 1 amide bonds. The molecule has 1 aromatic carbocycles. The third kappa shape index (κ3) is 4.90. The quantitative estimate of drug-likeness (QED) is 0.906. The molecule has 0 heterocycles. The number of rotatable bonds is 2. The summed E-state index contributed by atoms with van der Waals surface area (Å²) in [4.78, 5) is 11.8. The van der Waals surface area contributed by atoms with E-state index in [0.29, 0.717) is 11.3 Å². The molecule has 0 aliphatic rings. The molecule has 0 spiro atoms. The molecule has 19 heavy (non-hydrogen) atoms. The van der Waals surface area contributed by atoms with Gasteiger partial charge < -0.3 is 4.74 Å². The SMILES string of the molecule is Cc1ccc(NC(=O)OC(C)(C)C)cc1S(C)(=O)=O. The van der Waals surface area contributed by atoms with Crippen molar-refractivity contribution in [2.75, 3.05) is 11.6 Å². The Bertz CT molecular complexity index is 585. The molecule has 0 aliphatic carbocycles. The van der Waals surface area contributed by atoms with Gasteiger partial charge in [0.2, 0.25) is 0 Å². The standard InChI is InChI=1S/C13H19NO4S/c1-9-6-7-10(8-11(9)19(5,16)17)14-12(15)18-13(2,3)4/h6-8H,1-5H3,(H,14,15). The van der Waals surface area contributed by atoms with Crippen molar-refractivity contribution in [3.8, 4) is 0 Å². The van der Waals surface area contributed by atoms with Crippen LogP contribution in [0.4, 0.5) is 10.5 Å². The third-order valence-corrected chi connectivity index (χ3v) is 3.47. The van der Waals surface area contributed by atoms with E-state index in [0.717, 1.165) is 6.26 Å². The zero-order chi connectivity index (χ0) is 14.8. The van der Waals surface area contributed by atoms with Crippen molar-refractivity contribution in [3.63, 3.8) is 0 Å². The molecule has 5 nitrogen and oxygen atoms in total. The van der Waals surface area contributed by atoms with E-state index in [1.807, 2.05) is 0 Å². The largest absolute Gasteiger partial charge is 0.444 e. The van der Waals surface area contributed by atoms with Gasteiger partial charge in [-0.05, 0) is 45.4 Å². The van der Waals surface area contributed by atoms with Gasteiger partial charge in [0.25, 0.3) is 0 Å². The molecule has 1 N–H and O–H groups in total. The van der Waals surface area contributed by atoms with Gasteiger partial charge in [-0.25, -0.2) is 13.2 Å². The first-order valence-corrected chi connectivity index (χ1v) is 7.69. The molecular formula is C13H19NO4S. The Balaban J connectivity index is 2.96. The molecule has 0 bridgehead atoms. The topological polar surface area (TPSA) is 72.5 Å². The molecule has 0 fully saturated rings. The molecule has 0 atom stereocenters. The molecule has 0 unspecified atom stereocenters. The van der Waals surface area contributed by atoms with Crippen LogP contribution >= 0.6 is 0 Å². The molecule has 1 aromatic rings. The van der Waals surface area contributed by atoms with Crippen LogP contribution in [0.3, 0.4) is 0 Å². The lowest BCUT2D eigenvalue weighted by Crippen LogP contribution is -2.27. The summed E-state index contributed by atoms with van der Waals surface area (Å²) in [5, 5.41) is 2.51. The summed E-state index contributed by atoms with van der Waals surface area (Å²) in [6.07, 6.45) is 0.517. The van der Waals surface area contributed by atoms with E-state index < -0.39 is 21.5 Å². The van der Waals surface area contributed by atoms with Crippen LogP contribution in [0.5, 0.6) is 0 Å². The number of anilines is 1. The van der Waals surface area contributed by atoms with Crippen molar-refractivity contribution in [3.05, 3.63) is 23.8 Å². The van der Waals surface area contributed by atoms with Gasteiger partial charge in [0.15, 0.2) is 9.84 Å². The predicted molar refractivity (Wildman–Crippen MR) is 74.1 cm³/mol. The van der Waals surface area contributed by atoms with Crippen molar-refractivity contribution >= 4 is 21.6 Å². The molecule has 0 aromatic heterocycles. The molecule has 0 saturated heterocycles. The summed E-state index contributed by atoms with van der Waals surface area (Å²) in [6.45, 7) is 6.96. The van der Waals surface area contributed by atoms with Crippen molar-refractivity contribution in [1.82, 2.24) is 0 Å². The lowest BCUT2D eigenvalue weighted by molar-refractivity contribution is 0.0636. The van der Waals surface area contributed by atoms with Crippen molar-refractivity contribution in [2.24, 2.45) is 0 Å². The predicted octanol–water partition coefficient (Wildman–Crippen LogP) is 2.75. The first-order valence-electron chi connectivity index (χ1n) is 5.80. The zero-order valence-electron chi connectivity index (χ0n) is 11.8. The van der Waals surface area contributed by atoms with Crippen LogP contribution < -0.4 is 5.32 Å². The minimum absolute atomic E-state index is 0.195. The highest BCUT2D eigenvalue weighted by Gasteiger charge is 2.17. The number of ether oxygens (including phenoxy) is 1. The van der Waals surface area contributed by atoms with Crippen LogP contribution in [0.1, 0.15) is 26.3 Å². The van der Waals surface area contributed by atoms with Crippen LogP contribution in [0.25, 0.3) is 0 Å². The number of carbonyl (C=O) groups is 1. The Labute approximate surface area is 113 Å². The minimum Gasteiger partial charge on any atom is -0.444 e. The number of benzene rings is 1. The zero-order valence-corrected chi connectivity index (χ0v) is 12.6. The van der Waals surface area contributed by atoms with Gasteiger partial charge in [-0.3, -0.25) is 5.32 Å². The van der Waals surface area contributed by atoms with Gasteiger partial charge in [-0.15, -0.1) is 0 Å². The summed E-state index contributed by atoms with van der Waals surface area (Å²) in [7, 11) is -3.32. The average molecular weight is 285 g/mol. The fraction of sp³-hybridized carbons (Fsp3) is 0.462. The Morgan fingerprint density at radius 1 is 1.26 bits per heavy atom. The molecule has 1 rings (SSSR count). The summed E-state index contributed by atoms with van der Waals surface area (Å²) in [5.41, 5.74) is 0.423. The molecule has 0 saturated carbocycles. The van der Waals surface area contributed by atoms with Crippen LogP contribution in [-0.4, -0.2) is 26.4 Å². The fourth-order valence-corrected chi connectivity index (χ4v) is 2.49. The van der Waals surface area contributed by atoms with Crippen molar-refractivity contribution in [2.45, 2.75) is 38.2 Å². The molecule has 6 heteroatoms. The minimum atomic E-state index is -3.32. The molecular weight excluding hydrogens is 266 g/mol. The van der Waals surface area contributed by atoms with E-state index in [1.165, 1.54) is 6.07 Å². The number of hydrogen-bond acceptors (Lipinski definition) is 4. The highest BCUT2D eigenvalue weighted by atomic mass is 32.2. The average Bonchev–Trinajstić information content (AvgIpc) is 2.16. The van der Waals surface area contributed by atoms with Crippen LogP contribution in [0.2, 0.25) is 0 Å². The molecule has 0 aliphatic heterocycles. The summed E-state index contributed by atoms with van der Waals surface area (Å²) < 4.78 is 28.3. The van der Waals surface area contributed by atoms with Gasteiger partial charge in [0, 0.05) is 11.9 Å². The van der Waals surface area contributed by atoms with Gasteiger partial charge in [0.1, 0.15) is 5.60 Å². The Morgan fingerprint density at radius 3 is 2.32 bits per heavy atom. The number of hydrogen-bond donors (Lipinski definition) is 1. The van der Waals surface area contributed by atoms with Gasteiger partial charge in [-0.2, -0.15) is 0 Å². The molecule has 106 valence electrons. The van der Waals surface area contributed by atoms with Crippen LogP contribution in [-0.2, 0) is 14.6 Å². The normalized spacial score (nSPS) is 12.1. The van der Waals surface area contributed by atoms with Crippen molar-refractivity contribution in [1.29, 1.82) is 0 Å². The lowest BCUT2D eigenvalue weighted by Gasteiger charge is -2.19. The maximum absolute atomic E-state index is 11.6. The van der Waals surface area contributed by atoms with E-state index in [1.54, 1.807) is 39.8 Å². The van der Waals surface area contributed by atoms with E-state index in [4.69, 9.17) is 4.74 Å². The van der Waals surface area contributed by atoms with Crippen LogP contribution in [0, 0.1) is 6.92 Å². The van der Waals surface area contributed by atoms with Crippen LogP contribution in [0.15, 0.2) is 23.1 Å². The second-order valence-corrected chi connectivity index (χ2v) is 7.36. The third-order valence-electron chi connectivity index (χ3n) is 2.23. The maximum atomic E-state index is 11.6. The second kappa shape index (κ2) is 5.21. The van der Waals surface area contributed by atoms with Gasteiger partial charge >= 0.3 is 6.09 Å². The summed E-state index contributed by atoms with van der Waals surface area (Å²) in [5.74, 6) is 0.